The minimum atomic E-state index is -0.923. The molecule has 0 aliphatic carbocycles. The summed E-state index contributed by atoms with van der Waals surface area (Å²) in [6, 6.07) is 4.44. The number of carbonyl (C=O) groups excluding carboxylic acids is 3. The molecule has 0 saturated heterocycles. The van der Waals surface area contributed by atoms with Crippen LogP contribution in [-0.2, 0) is 20.8 Å². The predicted molar refractivity (Wildman–Crippen MR) is 84.4 cm³/mol. The van der Waals surface area contributed by atoms with Gasteiger partial charge in [-0.15, -0.1) is 0 Å². The summed E-state index contributed by atoms with van der Waals surface area (Å²) >= 11 is 3.99. The molecule has 2 atom stereocenters. The number of amides is 3. The highest BCUT2D eigenvalue weighted by molar-refractivity contribution is 7.80. The topological polar surface area (TPSA) is 122 Å². The van der Waals surface area contributed by atoms with E-state index in [0.29, 0.717) is 0 Å². The summed E-state index contributed by atoms with van der Waals surface area (Å²) < 4.78 is 0. The molecule has 1 aromatic rings. The Hall–Kier alpha value is -2.22. The summed E-state index contributed by atoms with van der Waals surface area (Å²) in [6.07, 6.45) is 0.181. The van der Waals surface area contributed by atoms with Crippen LogP contribution in [0.15, 0.2) is 24.3 Å². The van der Waals surface area contributed by atoms with Gasteiger partial charge in [-0.3, -0.25) is 14.4 Å². The van der Waals surface area contributed by atoms with Crippen LogP contribution in [0.1, 0.15) is 12.5 Å². The number of rotatable bonds is 7. The highest BCUT2D eigenvalue weighted by Gasteiger charge is 2.24. The molecule has 0 fully saturated rings. The molecular formula is C14H19N3O4S. The Kier molecular flexibility index (Phi) is 6.71. The van der Waals surface area contributed by atoms with Crippen molar-refractivity contribution in [2.45, 2.75) is 25.4 Å². The Morgan fingerprint density at radius 2 is 1.77 bits per heavy atom. The van der Waals surface area contributed by atoms with E-state index in [1.165, 1.54) is 19.1 Å². The van der Waals surface area contributed by atoms with Crippen molar-refractivity contribution >= 4 is 30.4 Å². The molecular weight excluding hydrogens is 306 g/mol. The summed E-state index contributed by atoms with van der Waals surface area (Å²) in [7, 11) is 0. The van der Waals surface area contributed by atoms with E-state index in [1.54, 1.807) is 12.1 Å². The fourth-order valence-electron chi connectivity index (χ4n) is 1.80. The van der Waals surface area contributed by atoms with Crippen molar-refractivity contribution in [3.05, 3.63) is 29.8 Å². The highest BCUT2D eigenvalue weighted by Crippen LogP contribution is 2.11. The van der Waals surface area contributed by atoms with E-state index < -0.39 is 23.9 Å². The number of phenolic OH excluding ortho intramolecular Hbond substituents is 1. The first-order valence-corrected chi connectivity index (χ1v) is 7.22. The van der Waals surface area contributed by atoms with Gasteiger partial charge in [0.2, 0.25) is 17.7 Å². The summed E-state index contributed by atoms with van der Waals surface area (Å²) in [5.74, 6) is -1.40. The SMILES string of the molecule is CC(=O)N[C@H](CS)C(=O)N[C@H](Cc1ccc(O)cc1)C(N)=O. The molecule has 3 amide bonds. The standard InChI is InChI=1S/C14H19N3O4S/c1-8(18)16-12(7-22)14(21)17-11(13(15)20)6-9-2-4-10(19)5-3-9/h2-5,11-12,19,22H,6-7H2,1H3,(H2,15,20)(H,16,18)(H,17,21)/t11-,12-/m1/s1. The Balaban J connectivity index is 2.74. The number of benzene rings is 1. The van der Waals surface area contributed by atoms with Crippen molar-refractivity contribution in [1.82, 2.24) is 10.6 Å². The molecule has 1 aromatic carbocycles. The molecule has 22 heavy (non-hydrogen) atoms. The number of nitrogens with one attached hydrogen (secondary N) is 2. The van der Waals surface area contributed by atoms with Crippen molar-refractivity contribution in [3.8, 4) is 5.75 Å². The predicted octanol–water partition coefficient (Wildman–Crippen LogP) is -0.661. The fourth-order valence-corrected chi connectivity index (χ4v) is 2.06. The van der Waals surface area contributed by atoms with Gasteiger partial charge in [0.15, 0.2) is 0 Å². The van der Waals surface area contributed by atoms with Gasteiger partial charge in [-0.1, -0.05) is 12.1 Å². The van der Waals surface area contributed by atoms with E-state index in [-0.39, 0.29) is 23.8 Å². The largest absolute Gasteiger partial charge is 0.508 e. The van der Waals surface area contributed by atoms with Gasteiger partial charge in [0, 0.05) is 19.1 Å². The maximum atomic E-state index is 12.0. The van der Waals surface area contributed by atoms with Gasteiger partial charge in [-0.25, -0.2) is 0 Å². The van der Waals surface area contributed by atoms with E-state index in [2.05, 4.69) is 23.3 Å². The molecule has 0 aromatic heterocycles. The molecule has 1 rings (SSSR count). The smallest absolute Gasteiger partial charge is 0.244 e. The Labute approximate surface area is 133 Å². The molecule has 0 aliphatic heterocycles. The third-order valence-electron chi connectivity index (χ3n) is 2.91. The minimum absolute atomic E-state index is 0.0934. The maximum Gasteiger partial charge on any atom is 0.244 e. The molecule has 0 unspecified atom stereocenters. The monoisotopic (exact) mass is 325 g/mol. The van der Waals surface area contributed by atoms with Crippen LogP contribution in [0.5, 0.6) is 5.75 Å². The van der Waals surface area contributed by atoms with Crippen molar-refractivity contribution in [2.75, 3.05) is 5.75 Å². The molecule has 0 saturated carbocycles. The van der Waals surface area contributed by atoms with Gasteiger partial charge in [-0.2, -0.15) is 12.6 Å². The first kappa shape index (κ1) is 17.8. The van der Waals surface area contributed by atoms with Crippen molar-refractivity contribution in [3.63, 3.8) is 0 Å². The fraction of sp³-hybridized carbons (Fsp3) is 0.357. The van der Waals surface area contributed by atoms with Crippen LogP contribution in [0.25, 0.3) is 0 Å². The normalized spacial score (nSPS) is 13.0. The van der Waals surface area contributed by atoms with E-state index in [1.807, 2.05) is 0 Å². The molecule has 0 heterocycles. The van der Waals surface area contributed by atoms with Crippen LogP contribution in [0, 0.1) is 0 Å². The molecule has 0 radical (unpaired) electrons. The van der Waals surface area contributed by atoms with Crippen molar-refractivity contribution in [1.29, 1.82) is 0 Å². The molecule has 7 nitrogen and oxygen atoms in total. The average molecular weight is 325 g/mol. The molecule has 0 spiro atoms. The lowest BCUT2D eigenvalue weighted by Gasteiger charge is -2.20. The average Bonchev–Trinajstić information content (AvgIpc) is 2.45. The van der Waals surface area contributed by atoms with Gasteiger partial charge in [0.25, 0.3) is 0 Å². The van der Waals surface area contributed by atoms with Crippen LogP contribution >= 0.6 is 12.6 Å². The first-order chi connectivity index (χ1) is 10.3. The lowest BCUT2D eigenvalue weighted by Crippen LogP contribution is -2.54. The Bertz CT molecular complexity index is 548. The zero-order valence-corrected chi connectivity index (χ0v) is 13.0. The molecule has 0 bridgehead atoms. The number of hydrogen-bond acceptors (Lipinski definition) is 5. The van der Waals surface area contributed by atoms with E-state index in [9.17, 15) is 19.5 Å². The van der Waals surface area contributed by atoms with E-state index in [0.717, 1.165) is 5.56 Å². The molecule has 0 aliphatic rings. The van der Waals surface area contributed by atoms with Crippen LogP contribution in [-0.4, -0.2) is 40.7 Å². The number of carbonyl (C=O) groups is 3. The number of hydrogen-bond donors (Lipinski definition) is 5. The molecule has 120 valence electrons. The zero-order valence-electron chi connectivity index (χ0n) is 12.1. The second kappa shape index (κ2) is 8.28. The summed E-state index contributed by atoms with van der Waals surface area (Å²) in [6.45, 7) is 1.28. The quantitative estimate of drug-likeness (QED) is 0.427. The number of aromatic hydroxyl groups is 1. The van der Waals surface area contributed by atoms with Crippen LogP contribution in [0.4, 0.5) is 0 Å². The minimum Gasteiger partial charge on any atom is -0.508 e. The molecule has 8 heteroatoms. The number of primary amides is 1. The third kappa shape index (κ3) is 5.65. The van der Waals surface area contributed by atoms with Gasteiger partial charge < -0.3 is 21.5 Å². The lowest BCUT2D eigenvalue weighted by atomic mass is 10.0. The molecule has 5 N–H and O–H groups in total. The maximum absolute atomic E-state index is 12.0. The van der Waals surface area contributed by atoms with E-state index in [4.69, 9.17) is 5.73 Å². The van der Waals surface area contributed by atoms with Crippen LogP contribution in [0.2, 0.25) is 0 Å². The number of phenols is 1. The van der Waals surface area contributed by atoms with E-state index >= 15 is 0 Å². The summed E-state index contributed by atoms with van der Waals surface area (Å²) in [4.78, 5) is 34.6. The Morgan fingerprint density at radius 3 is 2.23 bits per heavy atom. The third-order valence-corrected chi connectivity index (χ3v) is 3.28. The van der Waals surface area contributed by atoms with Gasteiger partial charge in [0.05, 0.1) is 0 Å². The lowest BCUT2D eigenvalue weighted by molar-refractivity contribution is -0.130. The highest BCUT2D eigenvalue weighted by atomic mass is 32.1. The Morgan fingerprint density at radius 1 is 1.18 bits per heavy atom. The number of nitrogens with two attached hydrogens (primary N) is 1. The van der Waals surface area contributed by atoms with Crippen molar-refractivity contribution in [2.24, 2.45) is 5.73 Å². The van der Waals surface area contributed by atoms with Gasteiger partial charge in [-0.05, 0) is 17.7 Å². The summed E-state index contributed by atoms with van der Waals surface area (Å²) in [5, 5.41) is 14.2. The van der Waals surface area contributed by atoms with Crippen LogP contribution in [0.3, 0.4) is 0 Å². The van der Waals surface area contributed by atoms with Gasteiger partial charge in [0.1, 0.15) is 17.8 Å². The summed E-state index contributed by atoms with van der Waals surface area (Å²) in [5.41, 5.74) is 6.02. The second-order valence-corrected chi connectivity index (χ2v) is 5.13. The number of thiol groups is 1. The second-order valence-electron chi connectivity index (χ2n) is 4.77. The van der Waals surface area contributed by atoms with Crippen LogP contribution < -0.4 is 16.4 Å². The van der Waals surface area contributed by atoms with Gasteiger partial charge >= 0.3 is 0 Å². The van der Waals surface area contributed by atoms with Crippen molar-refractivity contribution < 1.29 is 19.5 Å². The zero-order chi connectivity index (χ0) is 16.7. The first-order valence-electron chi connectivity index (χ1n) is 6.59.